The molecule has 4 N–H and O–H groups in total. The zero-order valence-electron chi connectivity index (χ0n) is 11.1. The predicted octanol–water partition coefficient (Wildman–Crippen LogP) is 2.33. The molecule has 0 bridgehead atoms. The van der Waals surface area contributed by atoms with Gasteiger partial charge in [0.25, 0.3) is 0 Å². The number of rotatable bonds is 2. The summed E-state index contributed by atoms with van der Waals surface area (Å²) in [6.07, 6.45) is 4.65. The Balaban J connectivity index is 2.27. The van der Waals surface area contributed by atoms with Crippen LogP contribution in [0.5, 0.6) is 0 Å². The van der Waals surface area contributed by atoms with Gasteiger partial charge in [0.15, 0.2) is 5.72 Å². The molecule has 1 aromatic carbocycles. The van der Waals surface area contributed by atoms with E-state index in [1.165, 1.54) is 5.56 Å². The molecule has 100 valence electrons. The van der Waals surface area contributed by atoms with Crippen molar-refractivity contribution in [1.29, 1.82) is 0 Å². The summed E-state index contributed by atoms with van der Waals surface area (Å²) in [6.45, 7) is 3.94. The third kappa shape index (κ3) is 2.85. The molecule has 0 heterocycles. The van der Waals surface area contributed by atoms with E-state index in [-0.39, 0.29) is 5.92 Å². The van der Waals surface area contributed by atoms with Gasteiger partial charge in [-0.3, -0.25) is 5.73 Å². The Morgan fingerprint density at radius 2 is 2.16 bits per heavy atom. The molecule has 0 aliphatic heterocycles. The zero-order valence-corrected chi connectivity index (χ0v) is 11.1. The fourth-order valence-electron chi connectivity index (χ4n) is 2.15. The lowest BCUT2D eigenvalue weighted by Gasteiger charge is -2.32. The standard InChI is InChI=1S/C15H18N2O2/c1-10-4-3-5-12(8-10)13-6-7-15(17,11(2)9-13)19-14(16)18/h3-9,11H,17H2,1-2H3,(H2,16,18). The monoisotopic (exact) mass is 258 g/mol. The minimum atomic E-state index is -1.17. The molecular formula is C15H18N2O2. The van der Waals surface area contributed by atoms with Crippen LogP contribution in [-0.4, -0.2) is 11.8 Å². The number of benzene rings is 1. The minimum Gasteiger partial charge on any atom is -0.424 e. The molecule has 1 aliphatic carbocycles. The van der Waals surface area contributed by atoms with Crippen LogP contribution >= 0.6 is 0 Å². The van der Waals surface area contributed by atoms with Gasteiger partial charge in [-0.05, 0) is 24.1 Å². The predicted molar refractivity (Wildman–Crippen MR) is 75.0 cm³/mol. The second kappa shape index (κ2) is 4.90. The Bertz CT molecular complexity index is 563. The van der Waals surface area contributed by atoms with E-state index >= 15 is 0 Å². The Hall–Kier alpha value is -2.07. The molecule has 0 aromatic heterocycles. The number of carbonyl (C=O) groups excluding carboxylic acids is 1. The molecule has 2 atom stereocenters. The van der Waals surface area contributed by atoms with E-state index < -0.39 is 11.8 Å². The maximum absolute atomic E-state index is 10.9. The summed E-state index contributed by atoms with van der Waals surface area (Å²) in [7, 11) is 0. The van der Waals surface area contributed by atoms with Gasteiger partial charge in [0.05, 0.1) is 0 Å². The number of hydrogen-bond donors (Lipinski definition) is 2. The van der Waals surface area contributed by atoms with Crippen molar-refractivity contribution in [1.82, 2.24) is 0 Å². The highest BCUT2D eigenvalue weighted by Gasteiger charge is 2.34. The van der Waals surface area contributed by atoms with Crippen LogP contribution in [-0.2, 0) is 4.74 Å². The van der Waals surface area contributed by atoms with Crippen LogP contribution in [0.3, 0.4) is 0 Å². The molecule has 2 unspecified atom stereocenters. The third-order valence-corrected chi connectivity index (χ3v) is 3.29. The molecule has 0 radical (unpaired) electrons. The van der Waals surface area contributed by atoms with E-state index in [9.17, 15) is 4.79 Å². The van der Waals surface area contributed by atoms with Gasteiger partial charge in [0, 0.05) is 5.92 Å². The maximum Gasteiger partial charge on any atom is 0.406 e. The summed E-state index contributed by atoms with van der Waals surface area (Å²) in [5.41, 5.74) is 13.3. The Kier molecular flexibility index (Phi) is 3.44. The summed E-state index contributed by atoms with van der Waals surface area (Å²) < 4.78 is 4.98. The normalized spacial score (nSPS) is 25.8. The van der Waals surface area contributed by atoms with E-state index in [1.54, 1.807) is 6.08 Å². The number of hydrogen-bond acceptors (Lipinski definition) is 3. The van der Waals surface area contributed by atoms with Crippen LogP contribution in [0.1, 0.15) is 18.1 Å². The first kappa shape index (κ1) is 13.4. The SMILES string of the molecule is Cc1cccc(C2=CC(C)C(N)(OC(N)=O)C=C2)c1. The number of carbonyl (C=O) groups is 1. The van der Waals surface area contributed by atoms with Gasteiger partial charge in [0.2, 0.25) is 0 Å². The highest BCUT2D eigenvalue weighted by molar-refractivity contribution is 5.76. The quantitative estimate of drug-likeness (QED) is 0.799. The first-order valence-corrected chi connectivity index (χ1v) is 6.16. The molecule has 0 spiro atoms. The molecule has 1 aromatic rings. The van der Waals surface area contributed by atoms with E-state index in [1.807, 2.05) is 44.2 Å². The maximum atomic E-state index is 10.9. The smallest absolute Gasteiger partial charge is 0.406 e. The lowest BCUT2D eigenvalue weighted by Crippen LogP contribution is -2.49. The topological polar surface area (TPSA) is 78.3 Å². The van der Waals surface area contributed by atoms with Crippen molar-refractivity contribution in [2.24, 2.45) is 17.4 Å². The van der Waals surface area contributed by atoms with Crippen LogP contribution in [0, 0.1) is 12.8 Å². The molecule has 1 amide bonds. The van der Waals surface area contributed by atoms with Gasteiger partial charge in [-0.2, -0.15) is 0 Å². The van der Waals surface area contributed by atoms with Crippen molar-refractivity contribution < 1.29 is 9.53 Å². The number of primary amides is 1. The van der Waals surface area contributed by atoms with Crippen molar-refractivity contribution in [2.75, 3.05) is 0 Å². The fraction of sp³-hybridized carbons (Fsp3) is 0.267. The van der Waals surface area contributed by atoms with Gasteiger partial charge in [-0.15, -0.1) is 0 Å². The van der Waals surface area contributed by atoms with E-state index in [0.29, 0.717) is 0 Å². The summed E-state index contributed by atoms with van der Waals surface area (Å²) in [4.78, 5) is 10.9. The largest absolute Gasteiger partial charge is 0.424 e. The zero-order chi connectivity index (χ0) is 14.0. The van der Waals surface area contributed by atoms with Gasteiger partial charge in [-0.25, -0.2) is 4.79 Å². The Morgan fingerprint density at radius 1 is 1.42 bits per heavy atom. The summed E-state index contributed by atoms with van der Waals surface area (Å²) >= 11 is 0. The van der Waals surface area contributed by atoms with Crippen LogP contribution in [0.4, 0.5) is 4.79 Å². The number of allylic oxidation sites excluding steroid dienone is 2. The van der Waals surface area contributed by atoms with Gasteiger partial charge in [0.1, 0.15) is 0 Å². The van der Waals surface area contributed by atoms with Crippen molar-refractivity contribution in [2.45, 2.75) is 19.6 Å². The van der Waals surface area contributed by atoms with Crippen LogP contribution in [0.25, 0.3) is 5.57 Å². The highest BCUT2D eigenvalue weighted by atomic mass is 16.6. The Morgan fingerprint density at radius 3 is 2.74 bits per heavy atom. The molecule has 2 rings (SSSR count). The molecule has 19 heavy (non-hydrogen) atoms. The second-order valence-electron chi connectivity index (χ2n) is 4.89. The number of aryl methyl sites for hydroxylation is 1. The lowest BCUT2D eigenvalue weighted by molar-refractivity contribution is 0.0319. The van der Waals surface area contributed by atoms with Crippen molar-refractivity contribution in [3.8, 4) is 0 Å². The average molecular weight is 258 g/mol. The molecule has 0 fully saturated rings. The second-order valence-corrected chi connectivity index (χ2v) is 4.89. The number of amides is 1. The molecule has 0 saturated carbocycles. The van der Waals surface area contributed by atoms with Gasteiger partial charge in [-0.1, -0.05) is 48.9 Å². The van der Waals surface area contributed by atoms with E-state index in [2.05, 4.69) is 6.07 Å². The van der Waals surface area contributed by atoms with E-state index in [0.717, 1.165) is 11.1 Å². The average Bonchev–Trinajstić information content (AvgIpc) is 2.32. The highest BCUT2D eigenvalue weighted by Crippen LogP contribution is 2.30. The Labute approximate surface area is 112 Å². The third-order valence-electron chi connectivity index (χ3n) is 3.29. The van der Waals surface area contributed by atoms with E-state index in [4.69, 9.17) is 16.2 Å². The minimum absolute atomic E-state index is 0.152. The van der Waals surface area contributed by atoms with Crippen LogP contribution < -0.4 is 11.5 Å². The summed E-state index contributed by atoms with van der Waals surface area (Å²) in [5.74, 6) is -0.152. The van der Waals surface area contributed by atoms with Gasteiger partial charge >= 0.3 is 6.09 Å². The molecule has 4 nitrogen and oxygen atoms in total. The van der Waals surface area contributed by atoms with Crippen LogP contribution in [0.2, 0.25) is 0 Å². The molecular weight excluding hydrogens is 240 g/mol. The first-order valence-electron chi connectivity index (χ1n) is 6.16. The first-order chi connectivity index (χ1) is 8.90. The molecule has 0 saturated heterocycles. The fourth-order valence-corrected chi connectivity index (χ4v) is 2.15. The van der Waals surface area contributed by atoms with Gasteiger partial charge < -0.3 is 10.5 Å². The number of nitrogens with two attached hydrogens (primary N) is 2. The van der Waals surface area contributed by atoms with Crippen molar-refractivity contribution in [3.05, 3.63) is 53.6 Å². The summed E-state index contributed by atoms with van der Waals surface area (Å²) in [5, 5.41) is 0. The lowest BCUT2D eigenvalue weighted by atomic mass is 9.87. The van der Waals surface area contributed by atoms with Crippen LogP contribution in [0.15, 0.2) is 42.5 Å². The number of ether oxygens (including phenoxy) is 1. The summed E-state index contributed by atoms with van der Waals surface area (Å²) in [6, 6.07) is 8.19. The molecule has 1 aliphatic rings. The van der Waals surface area contributed by atoms with Crippen molar-refractivity contribution >= 4 is 11.7 Å². The molecule has 4 heteroatoms. The van der Waals surface area contributed by atoms with Crippen molar-refractivity contribution in [3.63, 3.8) is 0 Å².